The van der Waals surface area contributed by atoms with E-state index in [-0.39, 0.29) is 30.4 Å². The predicted molar refractivity (Wildman–Crippen MR) is 78.5 cm³/mol. The van der Waals surface area contributed by atoms with Gasteiger partial charge < -0.3 is 16.0 Å². The Labute approximate surface area is 120 Å². The molecule has 0 aromatic carbocycles. The molecule has 1 saturated heterocycles. The Hall–Kier alpha value is -1.33. The summed E-state index contributed by atoms with van der Waals surface area (Å²) in [5, 5.41) is 3.02. The van der Waals surface area contributed by atoms with E-state index in [4.69, 9.17) is 5.73 Å². The molecule has 2 rings (SSSR count). The van der Waals surface area contributed by atoms with Crippen LogP contribution in [0.2, 0.25) is 0 Å². The third-order valence-corrected chi connectivity index (χ3v) is 3.03. The van der Waals surface area contributed by atoms with Crippen LogP contribution in [0, 0.1) is 0 Å². The molecule has 0 aliphatic carbocycles. The normalized spacial score (nSPS) is 19.7. The lowest BCUT2D eigenvalue weighted by Crippen LogP contribution is -2.39. The van der Waals surface area contributed by atoms with Gasteiger partial charge in [0, 0.05) is 37.8 Å². The number of aromatic nitrogens is 1. The van der Waals surface area contributed by atoms with Gasteiger partial charge >= 0.3 is 0 Å². The van der Waals surface area contributed by atoms with Gasteiger partial charge in [0.2, 0.25) is 5.91 Å². The SMILES string of the molecule is CC(N)CC(=O)NC1CCN(c2ccccn2)C1.Cl. The minimum atomic E-state index is -0.0849. The lowest BCUT2D eigenvalue weighted by molar-refractivity contribution is -0.121. The third-order valence-electron chi connectivity index (χ3n) is 3.03. The molecule has 0 bridgehead atoms. The molecule has 1 aromatic heterocycles. The van der Waals surface area contributed by atoms with Crippen LogP contribution in [-0.4, -0.2) is 36.1 Å². The zero-order valence-electron chi connectivity index (χ0n) is 11.1. The lowest BCUT2D eigenvalue weighted by Gasteiger charge is -2.18. The van der Waals surface area contributed by atoms with Gasteiger partial charge in [-0.15, -0.1) is 12.4 Å². The summed E-state index contributed by atoms with van der Waals surface area (Å²) in [7, 11) is 0. The Morgan fingerprint density at radius 3 is 3.05 bits per heavy atom. The van der Waals surface area contributed by atoms with Gasteiger partial charge in [0.25, 0.3) is 0 Å². The van der Waals surface area contributed by atoms with Gasteiger partial charge in [-0.2, -0.15) is 0 Å². The standard InChI is InChI=1S/C13H20N4O.ClH/c1-10(14)8-13(18)16-11-5-7-17(9-11)12-4-2-3-6-15-12;/h2-4,6,10-11H,5,7-9,14H2,1H3,(H,16,18);1H. The van der Waals surface area contributed by atoms with Crippen molar-refractivity contribution in [3.8, 4) is 0 Å². The maximum atomic E-state index is 11.6. The number of nitrogens with two attached hydrogens (primary N) is 1. The first-order valence-corrected chi connectivity index (χ1v) is 6.36. The summed E-state index contributed by atoms with van der Waals surface area (Å²) in [4.78, 5) is 18.1. The van der Waals surface area contributed by atoms with Gasteiger partial charge in [-0.1, -0.05) is 6.07 Å². The number of hydrogen-bond donors (Lipinski definition) is 2. The van der Waals surface area contributed by atoms with E-state index < -0.39 is 0 Å². The highest BCUT2D eigenvalue weighted by Gasteiger charge is 2.24. The maximum absolute atomic E-state index is 11.6. The van der Waals surface area contributed by atoms with E-state index >= 15 is 0 Å². The number of rotatable bonds is 4. The number of amides is 1. The van der Waals surface area contributed by atoms with Crippen LogP contribution in [-0.2, 0) is 4.79 Å². The fourth-order valence-electron chi connectivity index (χ4n) is 2.21. The number of carbonyl (C=O) groups excluding carboxylic acids is 1. The van der Waals surface area contributed by atoms with Crippen molar-refractivity contribution in [2.75, 3.05) is 18.0 Å². The van der Waals surface area contributed by atoms with Crippen LogP contribution >= 0.6 is 12.4 Å². The maximum Gasteiger partial charge on any atom is 0.221 e. The highest BCUT2D eigenvalue weighted by molar-refractivity contribution is 5.85. The summed E-state index contributed by atoms with van der Waals surface area (Å²) >= 11 is 0. The molecule has 6 heteroatoms. The largest absolute Gasteiger partial charge is 0.354 e. The van der Waals surface area contributed by atoms with E-state index in [9.17, 15) is 4.79 Å². The van der Waals surface area contributed by atoms with Crippen LogP contribution in [0.15, 0.2) is 24.4 Å². The Balaban J connectivity index is 0.00000180. The van der Waals surface area contributed by atoms with Crippen LogP contribution in [0.5, 0.6) is 0 Å². The van der Waals surface area contributed by atoms with Crippen LogP contribution in [0.3, 0.4) is 0 Å². The fourth-order valence-corrected chi connectivity index (χ4v) is 2.21. The second-order valence-electron chi connectivity index (χ2n) is 4.87. The van der Waals surface area contributed by atoms with E-state index in [0.29, 0.717) is 6.42 Å². The van der Waals surface area contributed by atoms with Gasteiger partial charge in [0.1, 0.15) is 5.82 Å². The summed E-state index contributed by atoms with van der Waals surface area (Å²) in [5.41, 5.74) is 5.60. The molecule has 0 saturated carbocycles. The molecule has 2 unspecified atom stereocenters. The summed E-state index contributed by atoms with van der Waals surface area (Å²) in [6.45, 7) is 3.59. The van der Waals surface area contributed by atoms with Crippen molar-refractivity contribution in [3.05, 3.63) is 24.4 Å². The van der Waals surface area contributed by atoms with Crippen molar-refractivity contribution < 1.29 is 4.79 Å². The number of nitrogens with one attached hydrogen (secondary N) is 1. The van der Waals surface area contributed by atoms with E-state index in [1.165, 1.54) is 0 Å². The first-order chi connectivity index (χ1) is 8.65. The van der Waals surface area contributed by atoms with Gasteiger partial charge in [0.15, 0.2) is 0 Å². The zero-order valence-corrected chi connectivity index (χ0v) is 11.9. The second-order valence-corrected chi connectivity index (χ2v) is 4.87. The number of carbonyl (C=O) groups is 1. The monoisotopic (exact) mass is 284 g/mol. The van der Waals surface area contributed by atoms with Crippen molar-refractivity contribution in [2.24, 2.45) is 5.73 Å². The molecule has 1 amide bonds. The molecule has 1 fully saturated rings. The van der Waals surface area contributed by atoms with E-state index in [0.717, 1.165) is 25.3 Å². The first kappa shape index (κ1) is 15.7. The summed E-state index contributed by atoms with van der Waals surface area (Å²) in [6, 6.07) is 5.99. The molecule has 3 N–H and O–H groups in total. The Bertz CT molecular complexity index is 399. The van der Waals surface area contributed by atoms with Crippen LogP contribution in [0.4, 0.5) is 5.82 Å². The summed E-state index contributed by atoms with van der Waals surface area (Å²) in [5.74, 6) is 1.01. The van der Waals surface area contributed by atoms with Crippen molar-refractivity contribution >= 4 is 24.1 Å². The van der Waals surface area contributed by atoms with Gasteiger partial charge in [-0.05, 0) is 25.5 Å². The molecule has 106 valence electrons. The number of hydrogen-bond acceptors (Lipinski definition) is 4. The second kappa shape index (κ2) is 7.31. The van der Waals surface area contributed by atoms with E-state index in [1.54, 1.807) is 6.20 Å². The molecule has 5 nitrogen and oxygen atoms in total. The topological polar surface area (TPSA) is 71.2 Å². The number of anilines is 1. The molecule has 2 atom stereocenters. The number of nitrogens with zero attached hydrogens (tertiary/aromatic N) is 2. The molecule has 2 heterocycles. The van der Waals surface area contributed by atoms with Crippen LogP contribution in [0.25, 0.3) is 0 Å². The molecule has 0 spiro atoms. The molecule has 1 aliphatic heterocycles. The van der Waals surface area contributed by atoms with Crippen molar-refractivity contribution in [1.29, 1.82) is 0 Å². The van der Waals surface area contributed by atoms with Crippen LogP contribution < -0.4 is 16.0 Å². The quantitative estimate of drug-likeness (QED) is 0.863. The van der Waals surface area contributed by atoms with Crippen LogP contribution in [0.1, 0.15) is 19.8 Å². The number of pyridine rings is 1. The van der Waals surface area contributed by atoms with Crippen molar-refractivity contribution in [2.45, 2.75) is 31.8 Å². The average molecular weight is 285 g/mol. The van der Waals surface area contributed by atoms with Gasteiger partial charge in [0.05, 0.1) is 0 Å². The smallest absolute Gasteiger partial charge is 0.221 e. The Morgan fingerprint density at radius 2 is 2.42 bits per heavy atom. The zero-order chi connectivity index (χ0) is 13.0. The van der Waals surface area contributed by atoms with Crippen molar-refractivity contribution in [1.82, 2.24) is 10.3 Å². The highest BCUT2D eigenvalue weighted by Crippen LogP contribution is 2.17. The minimum absolute atomic E-state index is 0. The molecular weight excluding hydrogens is 264 g/mol. The van der Waals surface area contributed by atoms with Crippen molar-refractivity contribution in [3.63, 3.8) is 0 Å². The molecule has 1 aromatic rings. The van der Waals surface area contributed by atoms with E-state index in [1.807, 2.05) is 25.1 Å². The summed E-state index contributed by atoms with van der Waals surface area (Å²) in [6.07, 6.45) is 3.14. The van der Waals surface area contributed by atoms with Gasteiger partial charge in [-0.3, -0.25) is 4.79 Å². The first-order valence-electron chi connectivity index (χ1n) is 6.36. The van der Waals surface area contributed by atoms with E-state index in [2.05, 4.69) is 15.2 Å². The molecule has 0 radical (unpaired) electrons. The average Bonchev–Trinajstić information content (AvgIpc) is 2.77. The minimum Gasteiger partial charge on any atom is -0.354 e. The molecule has 1 aliphatic rings. The summed E-state index contributed by atoms with van der Waals surface area (Å²) < 4.78 is 0. The van der Waals surface area contributed by atoms with Gasteiger partial charge in [-0.25, -0.2) is 4.98 Å². The Kier molecular flexibility index (Phi) is 6.05. The third kappa shape index (κ3) is 4.69. The molecular formula is C13H21ClN4O. The number of halogens is 1. The predicted octanol–water partition coefficient (Wildman–Crippen LogP) is 0.936. The molecule has 19 heavy (non-hydrogen) atoms. The highest BCUT2D eigenvalue weighted by atomic mass is 35.5. The fraction of sp³-hybridized carbons (Fsp3) is 0.538. The lowest BCUT2D eigenvalue weighted by atomic mass is 10.2. The Morgan fingerprint density at radius 1 is 1.63 bits per heavy atom.